The number of aromatic nitrogens is 1. The van der Waals surface area contributed by atoms with E-state index >= 15 is 0 Å². The number of aryl methyl sites for hydroxylation is 1. The van der Waals surface area contributed by atoms with Crippen LogP contribution in [0.3, 0.4) is 0 Å². The molecule has 0 bridgehead atoms. The van der Waals surface area contributed by atoms with Crippen LogP contribution in [0.5, 0.6) is 5.75 Å². The van der Waals surface area contributed by atoms with Crippen molar-refractivity contribution in [3.8, 4) is 5.75 Å². The number of nitrogens with zero attached hydrogens (tertiary/aromatic N) is 1. The summed E-state index contributed by atoms with van der Waals surface area (Å²) in [5, 5.41) is 16.4. The van der Waals surface area contributed by atoms with E-state index in [1.54, 1.807) is 0 Å². The number of rotatable bonds is 6. The van der Waals surface area contributed by atoms with Crippen LogP contribution in [-0.2, 0) is 12.2 Å². The van der Waals surface area contributed by atoms with Crippen LogP contribution < -0.4 is 4.74 Å². The molecule has 0 saturated carbocycles. The van der Waals surface area contributed by atoms with Gasteiger partial charge in [0.25, 0.3) is 0 Å². The zero-order valence-corrected chi connectivity index (χ0v) is 16.9. The number of thiazole rings is 1. The van der Waals surface area contributed by atoms with Crippen LogP contribution in [0.4, 0.5) is 0 Å². The number of hydrogen-bond acceptors (Lipinski definition) is 4. The third-order valence-electron chi connectivity index (χ3n) is 5.02. The number of fused-ring (bicyclic) bond motifs is 1. The van der Waals surface area contributed by atoms with Crippen molar-refractivity contribution in [1.82, 2.24) is 4.98 Å². The first-order valence-electron chi connectivity index (χ1n) is 9.44. The zero-order chi connectivity index (χ0) is 19.6. The van der Waals surface area contributed by atoms with E-state index in [4.69, 9.17) is 4.74 Å². The van der Waals surface area contributed by atoms with Crippen molar-refractivity contribution < 1.29 is 9.84 Å². The van der Waals surface area contributed by atoms with Gasteiger partial charge in [0.1, 0.15) is 23.0 Å². The first kappa shape index (κ1) is 18.7. The van der Waals surface area contributed by atoms with Crippen LogP contribution in [0.2, 0.25) is 0 Å². The summed E-state index contributed by atoms with van der Waals surface area (Å²) in [7, 11) is 0. The Balaban J connectivity index is 1.56. The van der Waals surface area contributed by atoms with Crippen LogP contribution in [0.1, 0.15) is 35.2 Å². The minimum Gasteiger partial charge on any atom is -0.489 e. The molecular weight excluding hydrogens is 366 g/mol. The SMILES string of the molecule is CCC(O)(c1cccc(OCc2ccc3ccccc3c2)c1)c1nc(C)cs1. The average molecular weight is 390 g/mol. The third kappa shape index (κ3) is 3.66. The Kier molecular flexibility index (Phi) is 5.16. The van der Waals surface area contributed by atoms with E-state index in [2.05, 4.69) is 35.3 Å². The molecule has 142 valence electrons. The maximum Gasteiger partial charge on any atom is 0.141 e. The van der Waals surface area contributed by atoms with Crippen molar-refractivity contribution in [1.29, 1.82) is 0 Å². The molecule has 1 aromatic heterocycles. The first-order valence-corrected chi connectivity index (χ1v) is 10.3. The van der Waals surface area contributed by atoms with E-state index in [9.17, 15) is 5.11 Å². The van der Waals surface area contributed by atoms with Crippen LogP contribution in [0, 0.1) is 6.92 Å². The normalized spacial score (nSPS) is 13.4. The fourth-order valence-corrected chi connectivity index (χ4v) is 4.35. The summed E-state index contributed by atoms with van der Waals surface area (Å²) in [6.07, 6.45) is 0.550. The first-order chi connectivity index (χ1) is 13.6. The molecule has 0 aliphatic heterocycles. The molecule has 0 spiro atoms. The molecule has 0 aliphatic carbocycles. The Morgan fingerprint density at radius 1 is 1.00 bits per heavy atom. The highest BCUT2D eigenvalue weighted by atomic mass is 32.1. The molecule has 1 atom stereocenters. The van der Waals surface area contributed by atoms with Gasteiger partial charge in [-0.15, -0.1) is 11.3 Å². The monoisotopic (exact) mass is 389 g/mol. The molecular formula is C24H23NO2S. The molecule has 0 aliphatic rings. The quantitative estimate of drug-likeness (QED) is 0.451. The Bertz CT molecular complexity index is 1100. The van der Waals surface area contributed by atoms with Crippen molar-refractivity contribution in [2.45, 2.75) is 32.5 Å². The molecule has 3 nitrogen and oxygen atoms in total. The summed E-state index contributed by atoms with van der Waals surface area (Å²) in [5.41, 5.74) is 1.75. The topological polar surface area (TPSA) is 42.4 Å². The van der Waals surface area contributed by atoms with Gasteiger partial charge in [-0.25, -0.2) is 4.98 Å². The minimum atomic E-state index is -1.10. The number of ether oxygens (including phenoxy) is 1. The lowest BCUT2D eigenvalue weighted by Crippen LogP contribution is -2.26. The van der Waals surface area contributed by atoms with E-state index in [1.807, 2.05) is 55.6 Å². The maximum atomic E-state index is 11.3. The highest BCUT2D eigenvalue weighted by Crippen LogP contribution is 2.36. The Hall–Kier alpha value is -2.69. The fraction of sp³-hybridized carbons (Fsp3) is 0.208. The highest BCUT2D eigenvalue weighted by molar-refractivity contribution is 7.09. The van der Waals surface area contributed by atoms with Crippen molar-refractivity contribution in [3.05, 3.63) is 93.9 Å². The lowest BCUT2D eigenvalue weighted by atomic mass is 9.91. The molecule has 4 rings (SSSR count). The molecule has 4 aromatic rings. The summed E-state index contributed by atoms with van der Waals surface area (Å²) in [4.78, 5) is 4.51. The second-order valence-corrected chi connectivity index (χ2v) is 7.86. The van der Waals surface area contributed by atoms with Crippen molar-refractivity contribution in [2.75, 3.05) is 0 Å². The molecule has 28 heavy (non-hydrogen) atoms. The minimum absolute atomic E-state index is 0.481. The average Bonchev–Trinajstić information content (AvgIpc) is 3.18. The Morgan fingerprint density at radius 3 is 2.57 bits per heavy atom. The summed E-state index contributed by atoms with van der Waals surface area (Å²) in [5.74, 6) is 0.741. The van der Waals surface area contributed by atoms with E-state index in [1.165, 1.54) is 22.1 Å². The number of hydrogen-bond donors (Lipinski definition) is 1. The third-order valence-corrected chi connectivity index (χ3v) is 6.13. The van der Waals surface area contributed by atoms with Gasteiger partial charge in [0.2, 0.25) is 0 Å². The van der Waals surface area contributed by atoms with Crippen molar-refractivity contribution in [3.63, 3.8) is 0 Å². The summed E-state index contributed by atoms with van der Waals surface area (Å²) in [6.45, 7) is 4.40. The predicted octanol–water partition coefficient (Wildman–Crippen LogP) is 5.83. The molecule has 4 heteroatoms. The summed E-state index contributed by atoms with van der Waals surface area (Å²) >= 11 is 1.49. The van der Waals surface area contributed by atoms with Gasteiger partial charge in [0.05, 0.1) is 0 Å². The van der Waals surface area contributed by atoms with E-state index < -0.39 is 5.60 Å². The molecule has 0 amide bonds. The molecule has 1 N–H and O–H groups in total. The van der Waals surface area contributed by atoms with E-state index in [-0.39, 0.29) is 0 Å². The van der Waals surface area contributed by atoms with Gasteiger partial charge in [-0.3, -0.25) is 0 Å². The molecule has 0 saturated heterocycles. The highest BCUT2D eigenvalue weighted by Gasteiger charge is 2.33. The molecule has 0 radical (unpaired) electrons. The van der Waals surface area contributed by atoms with Crippen molar-refractivity contribution >= 4 is 22.1 Å². The maximum absolute atomic E-state index is 11.3. The van der Waals surface area contributed by atoms with Crippen LogP contribution in [0.15, 0.2) is 72.1 Å². The van der Waals surface area contributed by atoms with E-state index in [0.29, 0.717) is 13.0 Å². The largest absolute Gasteiger partial charge is 0.489 e. The summed E-state index contributed by atoms with van der Waals surface area (Å²) < 4.78 is 6.03. The predicted molar refractivity (Wildman–Crippen MR) is 115 cm³/mol. The van der Waals surface area contributed by atoms with Crippen LogP contribution >= 0.6 is 11.3 Å². The van der Waals surface area contributed by atoms with Crippen LogP contribution in [0.25, 0.3) is 10.8 Å². The van der Waals surface area contributed by atoms with Crippen molar-refractivity contribution in [2.24, 2.45) is 0 Å². The molecule has 0 fully saturated rings. The zero-order valence-electron chi connectivity index (χ0n) is 16.1. The number of aliphatic hydroxyl groups is 1. The lowest BCUT2D eigenvalue weighted by Gasteiger charge is -2.25. The Morgan fingerprint density at radius 2 is 1.82 bits per heavy atom. The second-order valence-electron chi connectivity index (χ2n) is 7.01. The molecule has 1 unspecified atom stereocenters. The van der Waals surface area contributed by atoms with Gasteiger partial charge < -0.3 is 9.84 Å². The van der Waals surface area contributed by atoms with Gasteiger partial charge >= 0.3 is 0 Å². The molecule has 3 aromatic carbocycles. The van der Waals surface area contributed by atoms with Gasteiger partial charge in [0.15, 0.2) is 0 Å². The van der Waals surface area contributed by atoms with Crippen LogP contribution in [-0.4, -0.2) is 10.1 Å². The molecule has 1 heterocycles. The number of benzene rings is 3. The van der Waals surface area contributed by atoms with Gasteiger partial charge in [-0.05, 0) is 53.4 Å². The van der Waals surface area contributed by atoms with Gasteiger partial charge in [-0.2, -0.15) is 0 Å². The lowest BCUT2D eigenvalue weighted by molar-refractivity contribution is 0.0757. The standard InChI is InChI=1S/C24H23NO2S/c1-3-24(26,23-25-17(2)16-28-23)21-9-6-10-22(14-21)27-15-18-11-12-19-7-4-5-8-20(19)13-18/h4-14,16,26H,3,15H2,1-2H3. The van der Waals surface area contributed by atoms with Gasteiger partial charge in [0, 0.05) is 11.1 Å². The second kappa shape index (κ2) is 7.74. The summed E-state index contributed by atoms with van der Waals surface area (Å²) in [6, 6.07) is 22.4. The fourth-order valence-electron chi connectivity index (χ4n) is 3.36. The van der Waals surface area contributed by atoms with E-state index in [0.717, 1.165) is 27.6 Å². The van der Waals surface area contributed by atoms with Gasteiger partial charge in [-0.1, -0.05) is 55.5 Å². The Labute approximate surface area is 169 Å². The smallest absolute Gasteiger partial charge is 0.141 e.